The first-order chi connectivity index (χ1) is 21.0. The summed E-state index contributed by atoms with van der Waals surface area (Å²) in [5.74, 6) is 0. The van der Waals surface area contributed by atoms with Gasteiger partial charge in [0.05, 0.1) is 29.1 Å². The number of aromatic amines is 1. The van der Waals surface area contributed by atoms with Gasteiger partial charge in [0.2, 0.25) is 0 Å². The van der Waals surface area contributed by atoms with Crippen LogP contribution in [0.25, 0.3) is 71.6 Å². The van der Waals surface area contributed by atoms with Gasteiger partial charge < -0.3 is 9.55 Å². The smallest absolute Gasteiger partial charge is 0.0783 e. The summed E-state index contributed by atoms with van der Waals surface area (Å²) in [5, 5.41) is 4.34. The first kappa shape index (κ1) is 16.6. The van der Waals surface area contributed by atoms with E-state index >= 15 is 0 Å². The van der Waals surface area contributed by atoms with Crippen molar-refractivity contribution in [2.24, 2.45) is 0 Å². The quantitative estimate of drug-likeness (QED) is 0.255. The summed E-state index contributed by atoms with van der Waals surface area (Å²) in [5.41, 5.74) is 7.27. The summed E-state index contributed by atoms with van der Waals surface area (Å²) in [7, 11) is 0. The SMILES string of the molecule is [2H]c1c([2H])c([2H])c(-c2cccc(-c3ccccc3)c2-n2c3ccccc3c3ccc4c5ccccc5[nH]c4c32)c([2H])c1[2H]. The third-order valence-corrected chi connectivity index (χ3v) is 7.43. The fourth-order valence-electron chi connectivity index (χ4n) is 5.82. The second-order valence-electron chi connectivity index (χ2n) is 9.48. The number of H-pyrrole nitrogens is 1. The first-order valence-electron chi connectivity index (χ1n) is 15.1. The van der Waals surface area contributed by atoms with Crippen LogP contribution in [0.1, 0.15) is 6.85 Å². The van der Waals surface area contributed by atoms with Crippen LogP contribution in [0, 0.1) is 0 Å². The van der Waals surface area contributed by atoms with Crippen molar-refractivity contribution in [2.75, 3.05) is 0 Å². The molecule has 38 heavy (non-hydrogen) atoms. The highest BCUT2D eigenvalue weighted by Crippen LogP contribution is 2.43. The molecule has 0 aliphatic carbocycles. The van der Waals surface area contributed by atoms with Crippen LogP contribution in [0.15, 0.2) is 139 Å². The van der Waals surface area contributed by atoms with E-state index in [2.05, 4.69) is 45.9 Å². The Labute approximate surface area is 227 Å². The van der Waals surface area contributed by atoms with Gasteiger partial charge in [-0.15, -0.1) is 0 Å². The standard InChI is InChI=1S/C36H24N2/c1-3-12-24(13-4-1)26-18-11-19-27(25-14-5-2-6-15-25)35(26)38-33-21-10-8-17-29(33)31-23-22-30-28-16-7-9-20-32(28)37-34(30)36(31)38/h1-23,37H/i1D,3D,4D,12D,13D. The summed E-state index contributed by atoms with van der Waals surface area (Å²) in [6.45, 7) is 0. The lowest BCUT2D eigenvalue weighted by atomic mass is 9.95. The number of rotatable bonds is 3. The van der Waals surface area contributed by atoms with Crippen molar-refractivity contribution in [3.8, 4) is 27.9 Å². The Morgan fingerprint density at radius 1 is 0.526 bits per heavy atom. The normalized spacial score (nSPS) is 13.5. The van der Waals surface area contributed by atoms with Crippen LogP contribution in [-0.4, -0.2) is 9.55 Å². The lowest BCUT2D eigenvalue weighted by Crippen LogP contribution is -2.01. The van der Waals surface area contributed by atoms with Crippen LogP contribution in [0.3, 0.4) is 0 Å². The number of benzene rings is 6. The molecule has 0 fully saturated rings. The van der Waals surface area contributed by atoms with Crippen LogP contribution in [-0.2, 0) is 0 Å². The zero-order valence-corrected chi connectivity index (χ0v) is 20.3. The third-order valence-electron chi connectivity index (χ3n) is 7.43. The van der Waals surface area contributed by atoms with Gasteiger partial charge in [0, 0.05) is 38.2 Å². The maximum Gasteiger partial charge on any atom is 0.0783 e. The molecule has 0 atom stereocenters. The van der Waals surface area contributed by atoms with Crippen LogP contribution >= 0.6 is 0 Å². The van der Waals surface area contributed by atoms with Crippen molar-refractivity contribution >= 4 is 43.6 Å². The molecule has 0 amide bonds. The molecule has 2 nitrogen and oxygen atoms in total. The Morgan fingerprint density at radius 3 is 2.05 bits per heavy atom. The topological polar surface area (TPSA) is 20.7 Å². The Morgan fingerprint density at radius 2 is 1.21 bits per heavy atom. The molecule has 0 saturated heterocycles. The van der Waals surface area contributed by atoms with E-state index in [1.54, 1.807) is 0 Å². The maximum atomic E-state index is 8.91. The van der Waals surface area contributed by atoms with Crippen LogP contribution in [0.4, 0.5) is 0 Å². The fourth-order valence-corrected chi connectivity index (χ4v) is 5.82. The molecule has 8 rings (SSSR count). The van der Waals surface area contributed by atoms with Gasteiger partial charge >= 0.3 is 0 Å². The average Bonchev–Trinajstić information content (AvgIpc) is 3.59. The van der Waals surface area contributed by atoms with Crippen molar-refractivity contribution in [1.82, 2.24) is 9.55 Å². The monoisotopic (exact) mass is 489 g/mol. The summed E-state index contributed by atoms with van der Waals surface area (Å²) in [4.78, 5) is 3.68. The molecule has 0 radical (unpaired) electrons. The summed E-state index contributed by atoms with van der Waals surface area (Å²) < 4.78 is 45.2. The zero-order valence-electron chi connectivity index (χ0n) is 25.3. The molecule has 0 aliphatic rings. The average molecular weight is 490 g/mol. The highest BCUT2D eigenvalue weighted by molar-refractivity contribution is 6.23. The molecule has 6 aromatic carbocycles. The zero-order chi connectivity index (χ0) is 29.4. The number of nitrogens with zero attached hydrogens (tertiary/aromatic N) is 1. The Bertz CT molecular complexity index is 2370. The molecule has 0 aliphatic heterocycles. The lowest BCUT2D eigenvalue weighted by Gasteiger charge is -2.19. The number of para-hydroxylation sites is 3. The predicted octanol–water partition coefficient (Wildman–Crippen LogP) is 9.75. The number of nitrogens with one attached hydrogen (secondary N) is 1. The molecule has 0 bridgehead atoms. The highest BCUT2D eigenvalue weighted by atomic mass is 15.0. The number of aromatic nitrogens is 2. The minimum atomic E-state index is -0.406. The molecule has 0 unspecified atom stereocenters. The first-order valence-corrected chi connectivity index (χ1v) is 12.6. The van der Waals surface area contributed by atoms with Crippen molar-refractivity contribution in [3.05, 3.63) is 139 Å². The van der Waals surface area contributed by atoms with Gasteiger partial charge in [-0.3, -0.25) is 0 Å². The lowest BCUT2D eigenvalue weighted by molar-refractivity contribution is 1.19. The molecule has 2 aromatic heterocycles. The van der Waals surface area contributed by atoms with Gasteiger partial charge in [-0.1, -0.05) is 127 Å². The number of hydrogen-bond acceptors (Lipinski definition) is 0. The molecule has 8 aromatic rings. The van der Waals surface area contributed by atoms with Crippen molar-refractivity contribution in [1.29, 1.82) is 0 Å². The van der Waals surface area contributed by atoms with Crippen molar-refractivity contribution in [3.63, 3.8) is 0 Å². The van der Waals surface area contributed by atoms with Gasteiger partial charge in [-0.05, 0) is 23.3 Å². The Kier molecular flexibility index (Phi) is 3.60. The molecule has 1 N–H and O–H groups in total. The molecule has 178 valence electrons. The van der Waals surface area contributed by atoms with Crippen molar-refractivity contribution in [2.45, 2.75) is 0 Å². The fraction of sp³-hybridized carbons (Fsp3) is 0. The van der Waals surface area contributed by atoms with E-state index in [-0.39, 0.29) is 29.7 Å². The van der Waals surface area contributed by atoms with Gasteiger partial charge in [-0.25, -0.2) is 0 Å². The van der Waals surface area contributed by atoms with Gasteiger partial charge in [-0.2, -0.15) is 0 Å². The van der Waals surface area contributed by atoms with Gasteiger partial charge in [0.25, 0.3) is 0 Å². The molecular weight excluding hydrogens is 460 g/mol. The Hall–Kier alpha value is -5.08. The molecule has 2 heteroatoms. The van der Waals surface area contributed by atoms with E-state index in [1.807, 2.05) is 72.8 Å². The molecule has 2 heterocycles. The van der Waals surface area contributed by atoms with E-state index in [9.17, 15) is 0 Å². The minimum Gasteiger partial charge on any atom is -0.353 e. The van der Waals surface area contributed by atoms with Gasteiger partial charge in [0.15, 0.2) is 0 Å². The van der Waals surface area contributed by atoms with E-state index < -0.39 is 6.04 Å². The maximum absolute atomic E-state index is 8.91. The molecular formula is C36H24N2. The van der Waals surface area contributed by atoms with Gasteiger partial charge in [0.1, 0.15) is 0 Å². The predicted molar refractivity (Wildman–Crippen MR) is 161 cm³/mol. The summed E-state index contributed by atoms with van der Waals surface area (Å²) in [6.07, 6.45) is 0. The largest absolute Gasteiger partial charge is 0.353 e. The van der Waals surface area contributed by atoms with E-state index in [0.29, 0.717) is 5.56 Å². The third kappa shape index (κ3) is 3.01. The second kappa shape index (κ2) is 8.22. The number of fused-ring (bicyclic) bond motifs is 7. The van der Waals surface area contributed by atoms with E-state index in [4.69, 9.17) is 6.85 Å². The molecule has 0 saturated carbocycles. The van der Waals surface area contributed by atoms with E-state index in [0.717, 1.165) is 60.4 Å². The number of hydrogen-bond donors (Lipinski definition) is 1. The van der Waals surface area contributed by atoms with Crippen LogP contribution < -0.4 is 0 Å². The second-order valence-corrected chi connectivity index (χ2v) is 9.48. The minimum absolute atomic E-state index is 0.175. The summed E-state index contributed by atoms with van der Waals surface area (Å²) >= 11 is 0. The summed E-state index contributed by atoms with van der Waals surface area (Å²) in [6, 6.07) is 35.0. The van der Waals surface area contributed by atoms with Crippen LogP contribution in [0.5, 0.6) is 0 Å². The highest BCUT2D eigenvalue weighted by Gasteiger charge is 2.22. The molecule has 0 spiro atoms. The van der Waals surface area contributed by atoms with E-state index in [1.165, 1.54) is 0 Å². The van der Waals surface area contributed by atoms with Crippen molar-refractivity contribution < 1.29 is 6.85 Å². The Balaban J connectivity index is 1.63. The van der Waals surface area contributed by atoms with Crippen LogP contribution in [0.2, 0.25) is 0 Å².